The Hall–Kier alpha value is -2.44. The van der Waals surface area contributed by atoms with Crippen LogP contribution in [0.15, 0.2) is 24.4 Å². The molecular weight excluding hydrogens is 407 g/mol. The number of carbonyl (C=O) groups excluding carboxylic acids is 2. The van der Waals surface area contributed by atoms with E-state index in [0.29, 0.717) is 54.9 Å². The van der Waals surface area contributed by atoms with Gasteiger partial charge in [-0.2, -0.15) is 0 Å². The SMILES string of the molecule is O=C(CC12CC3CC3C3(CC3C1)C2)Nc1cccc2nc(C(=O)N3CCC(F)CC3)cn12. The number of nitrogens with one attached hydrogen (secondary N) is 1. The third-order valence-electron chi connectivity index (χ3n) is 9.25. The molecule has 0 aromatic carbocycles. The Morgan fingerprint density at radius 1 is 1.19 bits per heavy atom. The fourth-order valence-electron chi connectivity index (χ4n) is 7.82. The molecule has 1 N–H and O–H groups in total. The summed E-state index contributed by atoms with van der Waals surface area (Å²) in [5, 5.41) is 3.11. The molecule has 0 radical (unpaired) electrons. The first-order valence-electron chi connectivity index (χ1n) is 12.2. The Morgan fingerprint density at radius 3 is 2.88 bits per heavy atom. The summed E-state index contributed by atoms with van der Waals surface area (Å²) in [4.78, 5) is 32.1. The lowest BCUT2D eigenvalue weighted by Crippen LogP contribution is -2.39. The van der Waals surface area contributed by atoms with Crippen molar-refractivity contribution in [1.82, 2.24) is 14.3 Å². The second kappa shape index (κ2) is 6.33. The molecule has 6 nitrogen and oxygen atoms in total. The van der Waals surface area contributed by atoms with Crippen LogP contribution in [0.4, 0.5) is 10.2 Å². The number of alkyl halides is 1. The minimum atomic E-state index is -0.822. The van der Waals surface area contributed by atoms with Crippen LogP contribution in [0.5, 0.6) is 0 Å². The van der Waals surface area contributed by atoms with Crippen molar-refractivity contribution in [3.05, 3.63) is 30.1 Å². The van der Waals surface area contributed by atoms with Crippen LogP contribution in [-0.4, -0.2) is 45.4 Å². The minimum Gasteiger partial charge on any atom is -0.337 e. The largest absolute Gasteiger partial charge is 0.337 e. The average Bonchev–Trinajstić information content (AvgIpc) is 3.59. The van der Waals surface area contributed by atoms with Crippen LogP contribution < -0.4 is 5.32 Å². The summed E-state index contributed by atoms with van der Waals surface area (Å²) in [6.07, 6.45) is 8.76. The van der Waals surface area contributed by atoms with Gasteiger partial charge in [0.15, 0.2) is 0 Å². The smallest absolute Gasteiger partial charge is 0.274 e. The minimum absolute atomic E-state index is 0.0691. The number of amides is 2. The summed E-state index contributed by atoms with van der Waals surface area (Å²) in [5.74, 6) is 3.26. The molecule has 5 atom stereocenters. The van der Waals surface area contributed by atoms with Gasteiger partial charge in [0.2, 0.25) is 5.91 Å². The predicted octanol–water partition coefficient (Wildman–Crippen LogP) is 4.06. The van der Waals surface area contributed by atoms with Gasteiger partial charge in [0.1, 0.15) is 23.3 Å². The Bertz CT molecular complexity index is 1130. The summed E-state index contributed by atoms with van der Waals surface area (Å²) < 4.78 is 15.2. The first-order chi connectivity index (χ1) is 15.4. The first kappa shape index (κ1) is 19.1. The first-order valence-corrected chi connectivity index (χ1v) is 12.2. The van der Waals surface area contributed by atoms with E-state index in [1.807, 2.05) is 18.2 Å². The molecule has 7 rings (SSSR count). The Labute approximate surface area is 186 Å². The van der Waals surface area contributed by atoms with Gasteiger partial charge in [-0.15, -0.1) is 0 Å². The van der Waals surface area contributed by atoms with Crippen LogP contribution in [0.1, 0.15) is 61.9 Å². The second-order valence-electron chi connectivity index (χ2n) is 11.3. The number of piperidine rings is 1. The van der Waals surface area contributed by atoms with E-state index in [9.17, 15) is 14.0 Å². The molecule has 7 heteroatoms. The molecule has 168 valence electrons. The van der Waals surface area contributed by atoms with E-state index in [1.165, 1.54) is 32.1 Å². The van der Waals surface area contributed by atoms with Gasteiger partial charge in [-0.3, -0.25) is 14.0 Å². The van der Waals surface area contributed by atoms with Crippen LogP contribution >= 0.6 is 0 Å². The molecule has 5 aliphatic rings. The number of hydrogen-bond acceptors (Lipinski definition) is 3. The molecule has 3 heterocycles. The topological polar surface area (TPSA) is 66.7 Å². The highest BCUT2D eigenvalue weighted by atomic mass is 19.1. The standard InChI is InChI=1S/C25H29FN4O2/c26-17-4-6-29(7-5-17)23(32)19-13-30-20(27-19)2-1-3-21(30)28-22(31)12-24-9-15-8-18(15)25(14-24)11-16(25)10-24/h1-3,13,15-18H,4-12,14H2,(H,28,31). The van der Waals surface area contributed by atoms with Crippen LogP contribution in [-0.2, 0) is 4.79 Å². The molecule has 1 aliphatic heterocycles. The average molecular weight is 437 g/mol. The van der Waals surface area contributed by atoms with E-state index >= 15 is 0 Å². The van der Waals surface area contributed by atoms with Gasteiger partial charge >= 0.3 is 0 Å². The third kappa shape index (κ3) is 2.78. The highest BCUT2D eigenvalue weighted by Crippen LogP contribution is 2.84. The number of carbonyl (C=O) groups is 2. The summed E-state index contributed by atoms with van der Waals surface area (Å²) in [6.45, 7) is 0.841. The van der Waals surface area contributed by atoms with Gasteiger partial charge in [0.25, 0.3) is 5.91 Å². The zero-order valence-electron chi connectivity index (χ0n) is 18.2. The monoisotopic (exact) mass is 436 g/mol. The summed E-state index contributed by atoms with van der Waals surface area (Å²) in [6, 6.07) is 5.55. The van der Waals surface area contributed by atoms with Gasteiger partial charge in [-0.25, -0.2) is 9.37 Å². The lowest BCUT2D eigenvalue weighted by atomic mass is 9.69. The normalized spacial score (nSPS) is 37.2. The lowest BCUT2D eigenvalue weighted by Gasteiger charge is -2.35. The molecule has 1 spiro atoms. The number of nitrogens with zero attached hydrogens (tertiary/aromatic N) is 3. The molecule has 5 fully saturated rings. The summed E-state index contributed by atoms with van der Waals surface area (Å²) in [5.41, 5.74) is 1.79. The van der Waals surface area contributed by atoms with E-state index < -0.39 is 6.17 Å². The molecule has 2 bridgehead atoms. The van der Waals surface area contributed by atoms with Gasteiger partial charge in [0, 0.05) is 25.7 Å². The number of imidazole rings is 1. The number of aromatic nitrogens is 2. The van der Waals surface area contributed by atoms with Crippen LogP contribution in [0.25, 0.3) is 5.65 Å². The molecule has 2 aromatic rings. The maximum atomic E-state index is 13.4. The Kier molecular flexibility index (Phi) is 3.77. The number of hydrogen-bond donors (Lipinski definition) is 1. The third-order valence-corrected chi connectivity index (χ3v) is 9.25. The number of halogens is 1. The van der Waals surface area contributed by atoms with Gasteiger partial charge in [-0.05, 0) is 85.7 Å². The molecule has 32 heavy (non-hydrogen) atoms. The van der Waals surface area contributed by atoms with Crippen molar-refractivity contribution >= 4 is 23.3 Å². The second-order valence-corrected chi connectivity index (χ2v) is 11.3. The molecule has 1 saturated heterocycles. The molecular formula is C25H29FN4O2. The molecule has 4 saturated carbocycles. The maximum Gasteiger partial charge on any atom is 0.274 e. The van der Waals surface area contributed by atoms with E-state index in [-0.39, 0.29) is 17.2 Å². The van der Waals surface area contributed by atoms with Crippen LogP contribution in [0, 0.1) is 28.6 Å². The number of likely N-dealkylation sites (tertiary alicyclic amines) is 1. The summed E-state index contributed by atoms with van der Waals surface area (Å²) in [7, 11) is 0. The van der Waals surface area contributed by atoms with Crippen molar-refractivity contribution in [3.63, 3.8) is 0 Å². The van der Waals surface area contributed by atoms with E-state index in [4.69, 9.17) is 0 Å². The number of anilines is 1. The molecule has 5 unspecified atom stereocenters. The fourth-order valence-corrected chi connectivity index (χ4v) is 7.82. The Balaban J connectivity index is 1.09. The van der Waals surface area contributed by atoms with Crippen LogP contribution in [0.3, 0.4) is 0 Å². The highest BCUT2D eigenvalue weighted by Gasteiger charge is 2.76. The number of pyridine rings is 1. The van der Waals surface area contributed by atoms with E-state index in [1.54, 1.807) is 15.5 Å². The molecule has 2 aromatic heterocycles. The van der Waals surface area contributed by atoms with E-state index in [0.717, 1.165) is 17.8 Å². The van der Waals surface area contributed by atoms with Crippen molar-refractivity contribution in [3.8, 4) is 0 Å². The number of fused-ring (bicyclic) bond motifs is 3. The van der Waals surface area contributed by atoms with Crippen LogP contribution in [0.2, 0.25) is 0 Å². The van der Waals surface area contributed by atoms with Gasteiger partial charge < -0.3 is 10.2 Å². The fraction of sp³-hybridized carbons (Fsp3) is 0.640. The number of rotatable bonds is 4. The van der Waals surface area contributed by atoms with Crippen molar-refractivity contribution in [2.24, 2.45) is 28.6 Å². The molecule has 4 aliphatic carbocycles. The van der Waals surface area contributed by atoms with Crippen molar-refractivity contribution in [1.29, 1.82) is 0 Å². The molecule has 2 amide bonds. The van der Waals surface area contributed by atoms with Gasteiger partial charge in [-0.1, -0.05) is 6.07 Å². The van der Waals surface area contributed by atoms with Gasteiger partial charge in [0.05, 0.1) is 0 Å². The maximum absolute atomic E-state index is 13.4. The Morgan fingerprint density at radius 2 is 2.03 bits per heavy atom. The lowest BCUT2D eigenvalue weighted by molar-refractivity contribution is -0.119. The van der Waals surface area contributed by atoms with E-state index in [2.05, 4.69) is 10.3 Å². The predicted molar refractivity (Wildman–Crippen MR) is 117 cm³/mol. The van der Waals surface area contributed by atoms with Crippen molar-refractivity contribution in [2.75, 3.05) is 18.4 Å². The zero-order chi connectivity index (χ0) is 21.7. The summed E-state index contributed by atoms with van der Waals surface area (Å²) >= 11 is 0. The van der Waals surface area contributed by atoms with Crippen molar-refractivity contribution in [2.45, 2.75) is 57.5 Å². The quantitative estimate of drug-likeness (QED) is 0.786. The zero-order valence-corrected chi connectivity index (χ0v) is 18.2. The van der Waals surface area contributed by atoms with Crippen molar-refractivity contribution < 1.29 is 14.0 Å². The highest BCUT2D eigenvalue weighted by molar-refractivity contribution is 5.94.